The van der Waals surface area contributed by atoms with Gasteiger partial charge < -0.3 is 5.32 Å². The molecule has 0 bridgehead atoms. The number of likely N-dealkylation sites (N-methyl/N-ethyl adjacent to an activating group) is 2. The van der Waals surface area contributed by atoms with Crippen molar-refractivity contribution in [3.8, 4) is 0 Å². The quantitative estimate of drug-likeness (QED) is 0.232. The van der Waals surface area contributed by atoms with E-state index in [-0.39, 0.29) is 17.5 Å². The highest BCUT2D eigenvalue weighted by Crippen LogP contribution is 2.32. The number of hydrogen-bond acceptors (Lipinski definition) is 2. The van der Waals surface area contributed by atoms with Crippen molar-refractivity contribution in [1.29, 1.82) is 0 Å². The fourth-order valence-electron chi connectivity index (χ4n) is 5.05. The van der Waals surface area contributed by atoms with E-state index < -0.39 is 0 Å². The zero-order chi connectivity index (χ0) is 26.1. The highest BCUT2D eigenvalue weighted by atomic mass is 16.1. The molecule has 0 fully saturated rings. The number of ketones is 2. The molecule has 4 aromatic carbocycles. The predicted molar refractivity (Wildman–Crippen MR) is 150 cm³/mol. The van der Waals surface area contributed by atoms with E-state index in [1.807, 2.05) is 79.1 Å². The van der Waals surface area contributed by atoms with Crippen LogP contribution in [0.25, 0.3) is 33.7 Å². The lowest BCUT2D eigenvalue weighted by Crippen LogP contribution is -2.80. The van der Waals surface area contributed by atoms with Gasteiger partial charge in [-0.3, -0.25) is 25.6 Å². The minimum atomic E-state index is 0.0439. The van der Waals surface area contributed by atoms with E-state index in [0.717, 1.165) is 55.9 Å². The molecule has 0 heterocycles. The molecule has 4 aromatic rings. The van der Waals surface area contributed by atoms with Crippen LogP contribution in [-0.2, 0) is 0 Å². The summed E-state index contributed by atoms with van der Waals surface area (Å²) in [7, 11) is 3.75. The third kappa shape index (κ3) is 4.43. The zero-order valence-corrected chi connectivity index (χ0v) is 21.0. The number of guanidine groups is 1. The van der Waals surface area contributed by atoms with E-state index in [1.54, 1.807) is 11.6 Å². The summed E-state index contributed by atoms with van der Waals surface area (Å²) in [5, 5.41) is 6.37. The monoisotopic (exact) mass is 490 g/mol. The Hall–Kier alpha value is -4.55. The Kier molecular flexibility index (Phi) is 6.42. The van der Waals surface area contributed by atoms with Crippen LogP contribution in [0.3, 0.4) is 0 Å². The van der Waals surface area contributed by atoms with Crippen molar-refractivity contribution < 1.29 is 19.5 Å². The van der Waals surface area contributed by atoms with Crippen molar-refractivity contribution in [2.45, 2.75) is 0 Å². The van der Waals surface area contributed by atoms with Crippen molar-refractivity contribution in [3.63, 3.8) is 0 Å². The number of benzene rings is 4. The second-order valence-corrected chi connectivity index (χ2v) is 9.39. The van der Waals surface area contributed by atoms with E-state index in [4.69, 9.17) is 11.5 Å². The van der Waals surface area contributed by atoms with Crippen molar-refractivity contribution in [2.75, 3.05) is 27.2 Å². The smallest absolute Gasteiger partial charge is 0.341 e. The second kappa shape index (κ2) is 9.84. The number of quaternary nitrogens is 1. The largest absolute Gasteiger partial charge is 0.345 e. The van der Waals surface area contributed by atoms with Gasteiger partial charge in [0.05, 0.1) is 26.2 Å². The van der Waals surface area contributed by atoms with Gasteiger partial charge in [0.25, 0.3) is 0 Å². The van der Waals surface area contributed by atoms with Crippen LogP contribution in [0.2, 0.25) is 0 Å². The minimum absolute atomic E-state index is 0.0439. The van der Waals surface area contributed by atoms with Gasteiger partial charge in [-0.1, -0.05) is 72.8 Å². The first kappa shape index (κ1) is 24.2. The highest BCUT2D eigenvalue weighted by molar-refractivity contribution is 6.23. The first-order valence-electron chi connectivity index (χ1n) is 12.3. The average Bonchev–Trinajstić information content (AvgIpc) is 2.90. The van der Waals surface area contributed by atoms with Crippen LogP contribution >= 0.6 is 0 Å². The summed E-state index contributed by atoms with van der Waals surface area (Å²) in [5.74, 6) is 0.422. The van der Waals surface area contributed by atoms with Crippen LogP contribution in [0.1, 0.15) is 31.8 Å². The Morgan fingerprint density at radius 1 is 0.730 bits per heavy atom. The summed E-state index contributed by atoms with van der Waals surface area (Å²) in [6.07, 6.45) is 3.95. The molecule has 6 rings (SSSR count). The van der Waals surface area contributed by atoms with E-state index in [1.165, 1.54) is 0 Å². The fraction of sp³-hybridized carbons (Fsp3) is 0.129. The van der Waals surface area contributed by atoms with Gasteiger partial charge in [0, 0.05) is 27.5 Å². The summed E-state index contributed by atoms with van der Waals surface area (Å²) in [4.78, 5) is 24.9. The maximum absolute atomic E-state index is 12.6. The molecule has 6 nitrogen and oxygen atoms in total. The summed E-state index contributed by atoms with van der Waals surface area (Å²) in [5.41, 5.74) is 16.5. The SMILES string of the molecule is C[N+](CC1=Cc2cccc3cccc(c23)C1=O)=C(N)N.C[NH2+]CC1=Cc2cccc3cccc(c23)C1=O. The molecule has 37 heavy (non-hydrogen) atoms. The average molecular weight is 491 g/mol. The highest BCUT2D eigenvalue weighted by Gasteiger charge is 2.23. The van der Waals surface area contributed by atoms with Crippen LogP contribution in [0.4, 0.5) is 0 Å². The van der Waals surface area contributed by atoms with Gasteiger partial charge in [0.2, 0.25) is 0 Å². The van der Waals surface area contributed by atoms with E-state index in [9.17, 15) is 9.59 Å². The number of nitrogens with zero attached hydrogens (tertiary/aromatic N) is 1. The van der Waals surface area contributed by atoms with Gasteiger partial charge in [-0.15, -0.1) is 0 Å². The topological polar surface area (TPSA) is 106 Å². The Balaban J connectivity index is 0.000000153. The van der Waals surface area contributed by atoms with Gasteiger partial charge >= 0.3 is 5.96 Å². The standard InChI is InChI=1S/C16H15N3O.C15H13NO/c1-19(16(17)18)9-12-8-11-6-2-4-10-5-3-7-13(14(10)11)15(12)20;1-16-9-12-8-11-6-2-4-10-5-3-7-13(14(10)11)15(12)17/h2-8H,9H2,1H3,(H3,17,18);2-8,16H,9H2,1H3/p+2. The summed E-state index contributed by atoms with van der Waals surface area (Å²) < 4.78 is 1.66. The normalized spacial score (nSPS) is 13.6. The van der Waals surface area contributed by atoms with Crippen molar-refractivity contribution in [2.24, 2.45) is 11.5 Å². The third-order valence-corrected chi connectivity index (χ3v) is 6.88. The number of rotatable bonds is 4. The van der Waals surface area contributed by atoms with Crippen molar-refractivity contribution >= 4 is 51.2 Å². The first-order chi connectivity index (χ1) is 17.9. The number of carbonyl (C=O) groups is 2. The lowest BCUT2D eigenvalue weighted by atomic mass is 9.88. The molecule has 6 heteroatoms. The molecule has 0 spiro atoms. The van der Waals surface area contributed by atoms with E-state index in [2.05, 4.69) is 18.2 Å². The van der Waals surface area contributed by atoms with Crippen molar-refractivity contribution in [3.05, 3.63) is 106 Å². The molecule has 0 atom stereocenters. The van der Waals surface area contributed by atoms with Gasteiger partial charge in [-0.05, 0) is 34.1 Å². The number of Topliss-reactive ketones (excluding diaryl/α,β-unsaturated/α-hetero) is 2. The van der Waals surface area contributed by atoms with Gasteiger partial charge in [-0.2, -0.15) is 0 Å². The third-order valence-electron chi connectivity index (χ3n) is 6.88. The van der Waals surface area contributed by atoms with Crippen LogP contribution in [0, 0.1) is 0 Å². The molecule has 184 valence electrons. The van der Waals surface area contributed by atoms with Gasteiger partial charge in [0.15, 0.2) is 11.6 Å². The molecular formula is C31H30N4O2+2. The molecule has 0 radical (unpaired) electrons. The lowest BCUT2D eigenvalue weighted by molar-refractivity contribution is -0.618. The minimum Gasteiger partial charge on any atom is -0.345 e. The molecule has 0 aromatic heterocycles. The molecule has 0 saturated carbocycles. The molecule has 0 unspecified atom stereocenters. The van der Waals surface area contributed by atoms with Crippen LogP contribution in [0.15, 0.2) is 83.9 Å². The van der Waals surface area contributed by atoms with Crippen LogP contribution in [-0.4, -0.2) is 49.3 Å². The Bertz CT molecular complexity index is 1660. The van der Waals surface area contributed by atoms with E-state index >= 15 is 0 Å². The second-order valence-electron chi connectivity index (χ2n) is 9.39. The molecule has 0 aliphatic heterocycles. The fourth-order valence-corrected chi connectivity index (χ4v) is 5.05. The molecular weight excluding hydrogens is 460 g/mol. The number of carbonyl (C=O) groups excluding carboxylic acids is 2. The molecule has 6 N–H and O–H groups in total. The zero-order valence-electron chi connectivity index (χ0n) is 21.0. The Labute approximate surface area is 215 Å². The van der Waals surface area contributed by atoms with Gasteiger partial charge in [0.1, 0.15) is 6.54 Å². The van der Waals surface area contributed by atoms with E-state index in [0.29, 0.717) is 12.1 Å². The predicted octanol–water partition coefficient (Wildman–Crippen LogP) is 2.95. The Morgan fingerprint density at radius 3 is 1.68 bits per heavy atom. The molecule has 2 aliphatic carbocycles. The number of hydrogen-bond donors (Lipinski definition) is 3. The molecule has 0 amide bonds. The molecule has 2 aliphatic rings. The number of nitrogens with two attached hydrogens (primary N) is 3. The van der Waals surface area contributed by atoms with Crippen LogP contribution in [0.5, 0.6) is 0 Å². The summed E-state index contributed by atoms with van der Waals surface area (Å²) >= 11 is 0. The van der Waals surface area contributed by atoms with Gasteiger partial charge in [-0.25, -0.2) is 0 Å². The lowest BCUT2D eigenvalue weighted by Gasteiger charge is -2.17. The summed E-state index contributed by atoms with van der Waals surface area (Å²) in [6.45, 7) is 1.15. The van der Waals surface area contributed by atoms with Crippen LogP contribution < -0.4 is 16.8 Å². The Morgan fingerprint density at radius 2 is 1.19 bits per heavy atom. The maximum Gasteiger partial charge on any atom is 0.341 e. The first-order valence-corrected chi connectivity index (χ1v) is 12.3. The molecule has 0 saturated heterocycles. The summed E-state index contributed by atoms with van der Waals surface area (Å²) in [6, 6.07) is 24.0. The van der Waals surface area contributed by atoms with Crippen molar-refractivity contribution in [1.82, 2.24) is 0 Å². The maximum atomic E-state index is 12.6.